The third-order valence-corrected chi connectivity index (χ3v) is 17.3. The molecule has 0 saturated heterocycles. The lowest BCUT2D eigenvalue weighted by molar-refractivity contribution is 0.101. The van der Waals surface area contributed by atoms with E-state index in [0.29, 0.717) is 62.0 Å². The molecule has 20 nitrogen and oxygen atoms in total. The molecule has 24 heteroatoms. The Morgan fingerprint density at radius 3 is 1.70 bits per heavy atom. The molecule has 0 radical (unpaired) electrons. The molecule has 79 heavy (non-hydrogen) atoms. The van der Waals surface area contributed by atoms with Crippen molar-refractivity contribution in [2.45, 2.75) is 43.2 Å². The van der Waals surface area contributed by atoms with Crippen LogP contribution in [-0.4, -0.2) is 93.0 Å². The lowest BCUT2D eigenvalue weighted by Gasteiger charge is -2.19. The van der Waals surface area contributed by atoms with Crippen molar-refractivity contribution < 1.29 is 26.4 Å². The van der Waals surface area contributed by atoms with Crippen LogP contribution in [-0.2, 0) is 31.4 Å². The molecule has 11 aromatic rings. The summed E-state index contributed by atoms with van der Waals surface area (Å²) in [5, 5.41) is 22.6. The van der Waals surface area contributed by atoms with E-state index >= 15 is 0 Å². The zero-order chi connectivity index (χ0) is 55.1. The van der Waals surface area contributed by atoms with Crippen LogP contribution in [0.15, 0.2) is 196 Å². The number of H-pyrrole nitrogens is 2. The number of sulfone groups is 1. The number of carbonyl (C=O) groups excluding carboxylic acids is 2. The van der Waals surface area contributed by atoms with E-state index in [2.05, 4.69) is 65.7 Å². The topological polar surface area (TPSA) is 276 Å². The van der Waals surface area contributed by atoms with Crippen LogP contribution in [0.5, 0.6) is 0 Å². The molecule has 0 aliphatic rings. The van der Waals surface area contributed by atoms with E-state index in [1.165, 1.54) is 72.7 Å². The molecule has 0 aliphatic heterocycles. The minimum Gasteiger partial charge on any atom is -0.377 e. The van der Waals surface area contributed by atoms with Gasteiger partial charge in [-0.2, -0.15) is 10.2 Å². The number of aromatic nitrogens is 10. The number of para-hydroxylation sites is 2. The van der Waals surface area contributed by atoms with Crippen LogP contribution in [0.25, 0.3) is 33.1 Å². The highest BCUT2D eigenvalue weighted by Crippen LogP contribution is 2.33. The van der Waals surface area contributed by atoms with Crippen LogP contribution in [0.1, 0.15) is 37.4 Å². The van der Waals surface area contributed by atoms with Gasteiger partial charge in [-0.3, -0.25) is 29.5 Å². The first-order chi connectivity index (χ1) is 38.2. The molecule has 11 rings (SSSR count). The summed E-state index contributed by atoms with van der Waals surface area (Å²) in [5.41, 5.74) is 7.74. The molecule has 2 amide bonds. The fourth-order valence-electron chi connectivity index (χ4n) is 7.97. The van der Waals surface area contributed by atoms with E-state index in [1.807, 2.05) is 49.4 Å². The highest BCUT2D eigenvalue weighted by atomic mass is 32.2. The Morgan fingerprint density at radius 2 is 1.11 bits per heavy atom. The van der Waals surface area contributed by atoms with E-state index in [4.69, 9.17) is 0 Å². The SMILES string of the molecule is Cc1ccc(S(=O)(=O)c2cc(NC(=O)c3cccc(CSc4ncnc5[nH]ncc45)c3)ccc2N(C)C)cc1.O=C(Nc1ccc(S(=O)(=O)Nc2cnc3ccccc3n2)cc1)c1cccc(CSc2ncnc3[nH]ncc23)c1. The summed E-state index contributed by atoms with van der Waals surface area (Å²) in [6.45, 7) is 1.90. The minimum absolute atomic E-state index is 0.0240. The Bertz CT molecular complexity index is 4280. The lowest BCUT2D eigenvalue weighted by atomic mass is 10.1. The Kier molecular flexibility index (Phi) is 15.7. The maximum absolute atomic E-state index is 13.5. The number of carbonyl (C=O) groups is 2. The van der Waals surface area contributed by atoms with Crippen LogP contribution in [0.3, 0.4) is 0 Å². The van der Waals surface area contributed by atoms with Gasteiger partial charge in [-0.15, -0.1) is 23.5 Å². The number of nitrogens with zero attached hydrogens (tertiary/aromatic N) is 9. The van der Waals surface area contributed by atoms with Crippen molar-refractivity contribution in [3.05, 3.63) is 199 Å². The summed E-state index contributed by atoms with van der Waals surface area (Å²) in [6.07, 6.45) is 7.72. The quantitative estimate of drug-likeness (QED) is 0.0444. The summed E-state index contributed by atoms with van der Waals surface area (Å²) in [6, 6.07) is 39.3. The Labute approximate surface area is 461 Å². The van der Waals surface area contributed by atoms with Gasteiger partial charge in [-0.05, 0) is 109 Å². The zero-order valence-corrected chi connectivity index (χ0v) is 45.5. The Morgan fingerprint density at radius 1 is 0.570 bits per heavy atom. The summed E-state index contributed by atoms with van der Waals surface area (Å²) < 4.78 is 55.2. The number of hydrogen-bond donors (Lipinski definition) is 5. The molecule has 0 spiro atoms. The fraction of sp³-hybridized carbons (Fsp3) is 0.0909. The van der Waals surface area contributed by atoms with E-state index in [1.54, 1.807) is 98.1 Å². The predicted molar refractivity (Wildman–Crippen MR) is 305 cm³/mol. The van der Waals surface area contributed by atoms with Crippen LogP contribution in [0.4, 0.5) is 22.9 Å². The van der Waals surface area contributed by atoms with Gasteiger partial charge in [0.2, 0.25) is 9.84 Å². The van der Waals surface area contributed by atoms with Crippen molar-refractivity contribution in [3.8, 4) is 0 Å². The molecular weight excluding hydrogens is 1080 g/mol. The number of hydrogen-bond acceptors (Lipinski definition) is 17. The molecule has 5 N–H and O–H groups in total. The molecule has 6 aromatic carbocycles. The van der Waals surface area contributed by atoms with Gasteiger partial charge in [0.15, 0.2) is 17.1 Å². The normalized spacial score (nSPS) is 11.5. The van der Waals surface area contributed by atoms with Gasteiger partial charge >= 0.3 is 0 Å². The number of amides is 2. The summed E-state index contributed by atoms with van der Waals surface area (Å²) in [4.78, 5) is 53.6. The molecule has 0 bridgehead atoms. The van der Waals surface area contributed by atoms with Crippen LogP contribution in [0, 0.1) is 6.92 Å². The Hall–Kier alpha value is -9.10. The first-order valence-electron chi connectivity index (χ1n) is 24.0. The lowest BCUT2D eigenvalue weighted by Crippen LogP contribution is -2.16. The van der Waals surface area contributed by atoms with Gasteiger partial charge < -0.3 is 15.5 Å². The summed E-state index contributed by atoms with van der Waals surface area (Å²) in [5.74, 6) is 0.653. The van der Waals surface area contributed by atoms with Crippen molar-refractivity contribution in [2.24, 2.45) is 0 Å². The summed E-state index contributed by atoms with van der Waals surface area (Å²) in [7, 11) is -4.16. The van der Waals surface area contributed by atoms with E-state index in [-0.39, 0.29) is 32.3 Å². The number of aromatic amines is 2. The molecule has 0 unspecified atom stereocenters. The molecule has 0 aliphatic carbocycles. The number of fused-ring (bicyclic) bond motifs is 3. The van der Waals surface area contributed by atoms with Crippen LogP contribution < -0.4 is 20.3 Å². The van der Waals surface area contributed by atoms with Gasteiger partial charge in [0, 0.05) is 48.1 Å². The molecule has 0 fully saturated rings. The predicted octanol–water partition coefficient (Wildman–Crippen LogP) is 9.75. The van der Waals surface area contributed by atoms with E-state index < -0.39 is 19.9 Å². The highest BCUT2D eigenvalue weighted by molar-refractivity contribution is 7.99. The average molecular weight is 1130 g/mol. The van der Waals surface area contributed by atoms with Crippen molar-refractivity contribution in [3.63, 3.8) is 0 Å². The van der Waals surface area contributed by atoms with Gasteiger partial charge in [0.05, 0.1) is 60.8 Å². The largest absolute Gasteiger partial charge is 0.377 e. The number of benzene rings is 6. The summed E-state index contributed by atoms with van der Waals surface area (Å²) >= 11 is 3.05. The van der Waals surface area contributed by atoms with Crippen molar-refractivity contribution in [1.29, 1.82) is 0 Å². The van der Waals surface area contributed by atoms with Crippen LogP contribution in [0.2, 0.25) is 0 Å². The number of rotatable bonds is 16. The third kappa shape index (κ3) is 12.5. The van der Waals surface area contributed by atoms with Gasteiger partial charge in [-0.1, -0.05) is 54.1 Å². The van der Waals surface area contributed by atoms with Crippen LogP contribution >= 0.6 is 23.5 Å². The smallest absolute Gasteiger partial charge is 0.263 e. The fourth-order valence-corrected chi connectivity index (χ4v) is 12.3. The molecule has 5 heterocycles. The third-order valence-electron chi connectivity index (χ3n) is 12.0. The van der Waals surface area contributed by atoms with E-state index in [9.17, 15) is 26.4 Å². The zero-order valence-electron chi connectivity index (χ0n) is 42.2. The Balaban J connectivity index is 0.000000178. The first kappa shape index (κ1) is 53.3. The van der Waals surface area contributed by atoms with E-state index in [0.717, 1.165) is 37.5 Å². The minimum atomic E-state index is -3.91. The second-order valence-electron chi connectivity index (χ2n) is 17.8. The number of sulfonamides is 1. The highest BCUT2D eigenvalue weighted by Gasteiger charge is 2.24. The second-order valence-corrected chi connectivity index (χ2v) is 23.3. The molecule has 0 atom stereocenters. The standard InChI is InChI=1S/C28H26N6O3S2.C27H20N8O3S2/c1-18-7-10-22(11-8-18)39(36,37)25-14-21(9-12-24(25)34(2)3)32-27(35)20-6-4-5-19(13-20)16-38-28-23-15-31-33-26(23)29-17-30-28;36-26(18-5-3-4-17(12-18)15-39-27-21-13-31-34-25(21)29-16-30-27)32-19-8-10-20(11-9-19)40(37,38)35-24-14-28-22-6-1-2-7-23(22)33-24/h4-15,17H,16H2,1-3H3,(H,32,35)(H,29,30,31,33);1-14,16H,15H2,(H,32,36)(H,33,35)(H,29,30,31,34). The van der Waals surface area contributed by atoms with Gasteiger partial charge in [0.25, 0.3) is 21.8 Å². The number of thioether (sulfide) groups is 2. The molecule has 5 aromatic heterocycles. The average Bonchev–Trinajstić information content (AvgIpc) is 4.24. The number of anilines is 4. The monoisotopic (exact) mass is 1130 g/mol. The van der Waals surface area contributed by atoms with Crippen molar-refractivity contribution in [1.82, 2.24) is 50.3 Å². The maximum atomic E-state index is 13.5. The molecular formula is C55H46N14O6S4. The maximum Gasteiger partial charge on any atom is 0.263 e. The van der Waals surface area contributed by atoms with Gasteiger partial charge in [-0.25, -0.2) is 41.8 Å². The number of nitrogens with one attached hydrogen (secondary N) is 5. The van der Waals surface area contributed by atoms with Crippen molar-refractivity contribution >= 4 is 111 Å². The van der Waals surface area contributed by atoms with Gasteiger partial charge in [0.1, 0.15) is 22.7 Å². The van der Waals surface area contributed by atoms with Crippen molar-refractivity contribution in [2.75, 3.05) is 34.4 Å². The second kappa shape index (κ2) is 23.2. The first-order valence-corrected chi connectivity index (χ1v) is 28.9. The molecule has 0 saturated carbocycles. The number of aryl methyl sites for hydroxylation is 1. The molecule has 396 valence electrons.